The summed E-state index contributed by atoms with van der Waals surface area (Å²) in [5.74, 6) is 0.281. The van der Waals surface area contributed by atoms with Crippen LogP contribution in [0.25, 0.3) is 0 Å². The Hall–Kier alpha value is -0.650. The van der Waals surface area contributed by atoms with Gasteiger partial charge in [0.05, 0.1) is 12.1 Å². The molecule has 5 nitrogen and oxygen atoms in total. The van der Waals surface area contributed by atoms with Crippen molar-refractivity contribution in [2.24, 2.45) is 5.92 Å². The van der Waals surface area contributed by atoms with Crippen LogP contribution in [0.4, 0.5) is 0 Å². The number of aliphatic hydroxyl groups excluding tert-OH is 1. The van der Waals surface area contributed by atoms with E-state index in [9.17, 15) is 9.90 Å². The summed E-state index contributed by atoms with van der Waals surface area (Å²) in [7, 11) is 0. The van der Waals surface area contributed by atoms with Crippen molar-refractivity contribution >= 4 is 5.91 Å². The van der Waals surface area contributed by atoms with E-state index in [4.69, 9.17) is 4.74 Å². The van der Waals surface area contributed by atoms with Crippen molar-refractivity contribution in [2.45, 2.75) is 64.6 Å². The van der Waals surface area contributed by atoms with Crippen molar-refractivity contribution in [1.29, 1.82) is 0 Å². The second kappa shape index (κ2) is 9.32. The van der Waals surface area contributed by atoms with Gasteiger partial charge >= 0.3 is 0 Å². The maximum Gasteiger partial charge on any atom is 0.237 e. The zero-order valence-corrected chi connectivity index (χ0v) is 13.0. The molecule has 1 fully saturated rings. The zero-order chi connectivity index (χ0) is 15.0. The highest BCUT2D eigenvalue weighted by atomic mass is 16.5. The molecule has 0 aromatic heterocycles. The smallest absolute Gasteiger partial charge is 0.237 e. The van der Waals surface area contributed by atoms with Crippen molar-refractivity contribution in [3.05, 3.63) is 0 Å². The van der Waals surface area contributed by atoms with Crippen LogP contribution in [0.1, 0.15) is 46.5 Å². The monoisotopic (exact) mass is 286 g/mol. The van der Waals surface area contributed by atoms with Gasteiger partial charge in [0.15, 0.2) is 0 Å². The van der Waals surface area contributed by atoms with E-state index >= 15 is 0 Å². The van der Waals surface area contributed by atoms with E-state index in [2.05, 4.69) is 24.5 Å². The topological polar surface area (TPSA) is 70.6 Å². The van der Waals surface area contributed by atoms with Gasteiger partial charge < -0.3 is 20.5 Å². The van der Waals surface area contributed by atoms with Crippen LogP contribution in [0.2, 0.25) is 0 Å². The lowest BCUT2D eigenvalue weighted by Gasteiger charge is -2.30. The van der Waals surface area contributed by atoms with Gasteiger partial charge in [0.2, 0.25) is 5.91 Å². The van der Waals surface area contributed by atoms with Gasteiger partial charge in [-0.3, -0.25) is 4.79 Å². The second-order valence-corrected chi connectivity index (χ2v) is 5.92. The summed E-state index contributed by atoms with van der Waals surface area (Å²) in [4.78, 5) is 12.2. The molecule has 3 N–H and O–H groups in total. The average molecular weight is 286 g/mol. The normalized spacial score (nSPS) is 19.9. The molecule has 118 valence electrons. The van der Waals surface area contributed by atoms with Gasteiger partial charge in [0, 0.05) is 25.8 Å². The molecule has 5 heteroatoms. The number of ether oxygens (including phenoxy) is 1. The van der Waals surface area contributed by atoms with E-state index < -0.39 is 0 Å². The minimum Gasteiger partial charge on any atom is -0.393 e. The lowest BCUT2D eigenvalue weighted by molar-refractivity contribution is -0.124. The molecule has 1 aliphatic rings. The van der Waals surface area contributed by atoms with Gasteiger partial charge in [-0.15, -0.1) is 0 Å². The fraction of sp³-hybridized carbons (Fsp3) is 0.933. The highest BCUT2D eigenvalue weighted by Gasteiger charge is 2.25. The summed E-state index contributed by atoms with van der Waals surface area (Å²) in [5.41, 5.74) is 0. The lowest BCUT2D eigenvalue weighted by Crippen LogP contribution is -2.52. The quantitative estimate of drug-likeness (QED) is 0.624. The molecule has 0 bridgehead atoms. The summed E-state index contributed by atoms with van der Waals surface area (Å²) in [5, 5.41) is 15.9. The van der Waals surface area contributed by atoms with Crippen LogP contribution < -0.4 is 10.6 Å². The van der Waals surface area contributed by atoms with Crippen molar-refractivity contribution in [2.75, 3.05) is 19.8 Å². The summed E-state index contributed by atoms with van der Waals surface area (Å²) < 4.78 is 5.34. The summed E-state index contributed by atoms with van der Waals surface area (Å²) in [6.45, 7) is 8.12. The van der Waals surface area contributed by atoms with Gasteiger partial charge in [-0.1, -0.05) is 20.8 Å². The van der Waals surface area contributed by atoms with Crippen molar-refractivity contribution in [3.63, 3.8) is 0 Å². The molecule has 0 aliphatic carbocycles. The summed E-state index contributed by atoms with van der Waals surface area (Å²) in [6, 6.07) is 0.194. The molecular weight excluding hydrogens is 256 g/mol. The Balaban J connectivity index is 2.37. The fourth-order valence-corrected chi connectivity index (χ4v) is 2.37. The first kappa shape index (κ1) is 17.4. The SMILES string of the molecule is CCC(O)CCNC(=O)C(NC1CCOCC1)C(C)C. The van der Waals surface area contributed by atoms with Crippen LogP contribution in [0.3, 0.4) is 0 Å². The third kappa shape index (κ3) is 6.20. The number of carbonyl (C=O) groups excluding carboxylic acids is 1. The Morgan fingerprint density at radius 1 is 1.35 bits per heavy atom. The van der Waals surface area contributed by atoms with Gasteiger partial charge in [-0.2, -0.15) is 0 Å². The molecule has 2 atom stereocenters. The molecule has 1 aliphatic heterocycles. The van der Waals surface area contributed by atoms with Crippen LogP contribution in [0, 0.1) is 5.92 Å². The summed E-state index contributed by atoms with van der Waals surface area (Å²) >= 11 is 0. The predicted octanol–water partition coefficient (Wildman–Crippen LogP) is 1.06. The molecule has 0 saturated carbocycles. The van der Waals surface area contributed by atoms with Gasteiger partial charge in [0.25, 0.3) is 0 Å². The predicted molar refractivity (Wildman–Crippen MR) is 79.5 cm³/mol. The second-order valence-electron chi connectivity index (χ2n) is 5.92. The molecule has 0 radical (unpaired) electrons. The molecule has 0 spiro atoms. The molecule has 1 amide bonds. The van der Waals surface area contributed by atoms with Crippen LogP contribution in [-0.2, 0) is 9.53 Å². The van der Waals surface area contributed by atoms with E-state index in [0.29, 0.717) is 19.0 Å². The maximum atomic E-state index is 12.2. The van der Waals surface area contributed by atoms with Crippen LogP contribution in [0.5, 0.6) is 0 Å². The molecule has 1 rings (SSSR count). The number of carbonyl (C=O) groups is 1. The number of amides is 1. The largest absolute Gasteiger partial charge is 0.393 e. The molecule has 0 aromatic carbocycles. The average Bonchev–Trinajstić information content (AvgIpc) is 2.45. The molecule has 1 saturated heterocycles. The standard InChI is InChI=1S/C15H30N2O3/c1-4-13(18)5-8-16-15(19)14(11(2)3)17-12-6-9-20-10-7-12/h11-14,17-18H,4-10H2,1-3H3,(H,16,19). The number of nitrogens with one attached hydrogen (secondary N) is 2. The maximum absolute atomic E-state index is 12.2. The van der Waals surface area contributed by atoms with Crippen molar-refractivity contribution < 1.29 is 14.6 Å². The number of rotatable bonds is 8. The van der Waals surface area contributed by atoms with Gasteiger partial charge in [-0.25, -0.2) is 0 Å². The van der Waals surface area contributed by atoms with Crippen molar-refractivity contribution in [1.82, 2.24) is 10.6 Å². The van der Waals surface area contributed by atoms with Crippen LogP contribution in [-0.4, -0.2) is 49.0 Å². The third-order valence-electron chi connectivity index (χ3n) is 3.83. The highest BCUT2D eigenvalue weighted by Crippen LogP contribution is 2.11. The molecule has 20 heavy (non-hydrogen) atoms. The summed E-state index contributed by atoms with van der Waals surface area (Å²) in [6.07, 6.45) is 2.95. The van der Waals surface area contributed by atoms with E-state index in [-0.39, 0.29) is 24.0 Å². The Morgan fingerprint density at radius 2 is 2.00 bits per heavy atom. The third-order valence-corrected chi connectivity index (χ3v) is 3.83. The molecule has 1 heterocycles. The van der Waals surface area contributed by atoms with Crippen LogP contribution in [0.15, 0.2) is 0 Å². The minimum atomic E-state index is -0.323. The Bertz CT molecular complexity index is 278. The molecular formula is C15H30N2O3. The van der Waals surface area contributed by atoms with E-state index in [0.717, 1.165) is 32.5 Å². The zero-order valence-electron chi connectivity index (χ0n) is 13.0. The Labute approximate surface area is 122 Å². The number of aliphatic hydroxyl groups is 1. The first-order valence-electron chi connectivity index (χ1n) is 7.84. The highest BCUT2D eigenvalue weighted by molar-refractivity contribution is 5.82. The van der Waals surface area contributed by atoms with Crippen molar-refractivity contribution in [3.8, 4) is 0 Å². The van der Waals surface area contributed by atoms with Gasteiger partial charge in [-0.05, 0) is 31.6 Å². The number of hydrogen-bond donors (Lipinski definition) is 3. The van der Waals surface area contributed by atoms with E-state index in [1.807, 2.05) is 6.92 Å². The Morgan fingerprint density at radius 3 is 2.55 bits per heavy atom. The number of hydrogen-bond acceptors (Lipinski definition) is 4. The minimum absolute atomic E-state index is 0.0368. The van der Waals surface area contributed by atoms with E-state index in [1.54, 1.807) is 0 Å². The first-order valence-corrected chi connectivity index (χ1v) is 7.84. The first-order chi connectivity index (χ1) is 9.54. The van der Waals surface area contributed by atoms with Crippen LogP contribution >= 0.6 is 0 Å². The lowest BCUT2D eigenvalue weighted by atomic mass is 10.00. The fourth-order valence-electron chi connectivity index (χ4n) is 2.37. The van der Waals surface area contributed by atoms with E-state index in [1.165, 1.54) is 0 Å². The van der Waals surface area contributed by atoms with Gasteiger partial charge in [0.1, 0.15) is 0 Å². The molecule has 2 unspecified atom stereocenters. The molecule has 0 aromatic rings. The Kier molecular flexibility index (Phi) is 8.11.